The van der Waals surface area contributed by atoms with E-state index in [0.717, 1.165) is 26.2 Å². The minimum absolute atomic E-state index is 0.0162. The number of rotatable bonds is 2. The van der Waals surface area contributed by atoms with Crippen molar-refractivity contribution >= 4 is 0 Å². The summed E-state index contributed by atoms with van der Waals surface area (Å²) >= 11 is 0. The van der Waals surface area contributed by atoms with E-state index in [0.29, 0.717) is 6.04 Å². The zero-order valence-electron chi connectivity index (χ0n) is 8.29. The third-order valence-corrected chi connectivity index (χ3v) is 3.19. The SMILES string of the molecule is COC1(C)CN(C2CNCC2O)C1. The van der Waals surface area contributed by atoms with Crippen molar-refractivity contribution in [3.63, 3.8) is 0 Å². The Bertz CT molecular complexity index is 192. The summed E-state index contributed by atoms with van der Waals surface area (Å²) in [6, 6.07) is 0.295. The zero-order valence-corrected chi connectivity index (χ0v) is 8.29. The molecule has 4 heteroatoms. The van der Waals surface area contributed by atoms with Gasteiger partial charge in [0.25, 0.3) is 0 Å². The Morgan fingerprint density at radius 3 is 2.62 bits per heavy atom. The minimum atomic E-state index is -0.207. The van der Waals surface area contributed by atoms with Crippen LogP contribution in [-0.4, -0.2) is 61.0 Å². The Morgan fingerprint density at radius 2 is 2.15 bits per heavy atom. The lowest BCUT2D eigenvalue weighted by Gasteiger charge is -2.50. The second-order valence-electron chi connectivity index (χ2n) is 4.35. The van der Waals surface area contributed by atoms with Crippen LogP contribution >= 0.6 is 0 Å². The Kier molecular flexibility index (Phi) is 2.32. The molecule has 76 valence electrons. The fourth-order valence-electron chi connectivity index (χ4n) is 2.20. The summed E-state index contributed by atoms with van der Waals surface area (Å²) in [6.07, 6.45) is -0.207. The van der Waals surface area contributed by atoms with Crippen LogP contribution in [0.2, 0.25) is 0 Å². The highest BCUT2D eigenvalue weighted by Crippen LogP contribution is 2.27. The van der Waals surface area contributed by atoms with Gasteiger partial charge in [-0.1, -0.05) is 0 Å². The molecule has 0 radical (unpaired) electrons. The van der Waals surface area contributed by atoms with E-state index in [4.69, 9.17) is 4.74 Å². The van der Waals surface area contributed by atoms with Gasteiger partial charge >= 0.3 is 0 Å². The van der Waals surface area contributed by atoms with E-state index in [1.165, 1.54) is 0 Å². The van der Waals surface area contributed by atoms with Gasteiger partial charge in [-0.25, -0.2) is 0 Å². The van der Waals surface area contributed by atoms with Gasteiger partial charge in [0.15, 0.2) is 0 Å². The van der Waals surface area contributed by atoms with Gasteiger partial charge in [0, 0.05) is 39.3 Å². The van der Waals surface area contributed by atoms with Crippen LogP contribution in [0.5, 0.6) is 0 Å². The van der Waals surface area contributed by atoms with Crippen molar-refractivity contribution in [2.24, 2.45) is 0 Å². The molecule has 2 unspecified atom stereocenters. The first-order valence-corrected chi connectivity index (χ1v) is 4.83. The van der Waals surface area contributed by atoms with Crippen molar-refractivity contribution in [2.45, 2.75) is 24.7 Å². The highest BCUT2D eigenvalue weighted by molar-refractivity contribution is 5.01. The highest BCUT2D eigenvalue weighted by Gasteiger charge is 2.45. The van der Waals surface area contributed by atoms with E-state index in [2.05, 4.69) is 17.1 Å². The molecule has 2 saturated heterocycles. The van der Waals surface area contributed by atoms with E-state index in [1.807, 2.05) is 0 Å². The number of ether oxygens (including phenoxy) is 1. The number of β-amino-alcohol motifs (C(OH)–C–C–N with tert-alkyl or cyclic N) is 1. The van der Waals surface area contributed by atoms with E-state index < -0.39 is 0 Å². The number of nitrogens with one attached hydrogen (secondary N) is 1. The molecule has 2 aliphatic rings. The summed E-state index contributed by atoms with van der Waals surface area (Å²) in [5, 5.41) is 12.8. The van der Waals surface area contributed by atoms with E-state index in [1.54, 1.807) is 7.11 Å². The van der Waals surface area contributed by atoms with Gasteiger partial charge in [-0.05, 0) is 6.92 Å². The predicted molar refractivity (Wildman–Crippen MR) is 49.7 cm³/mol. The molecule has 2 aliphatic heterocycles. The number of methoxy groups -OCH3 is 1. The first kappa shape index (κ1) is 9.40. The molecule has 0 saturated carbocycles. The summed E-state index contributed by atoms with van der Waals surface area (Å²) in [4.78, 5) is 2.29. The minimum Gasteiger partial charge on any atom is -0.390 e. The van der Waals surface area contributed by atoms with Gasteiger partial charge in [-0.3, -0.25) is 4.90 Å². The fourth-order valence-corrected chi connectivity index (χ4v) is 2.20. The molecule has 2 fully saturated rings. The molecule has 0 aromatic rings. The Hall–Kier alpha value is -0.160. The standard InChI is InChI=1S/C9H18N2O2/c1-9(13-2)5-11(6-9)7-3-10-4-8(7)12/h7-8,10,12H,3-6H2,1-2H3. The Balaban J connectivity index is 1.85. The molecule has 13 heavy (non-hydrogen) atoms. The predicted octanol–water partition coefficient (Wildman–Crippen LogP) is -0.960. The normalized spacial score (nSPS) is 39.0. The average Bonchev–Trinajstić information content (AvgIpc) is 2.46. The van der Waals surface area contributed by atoms with E-state index in [9.17, 15) is 5.11 Å². The fraction of sp³-hybridized carbons (Fsp3) is 1.00. The monoisotopic (exact) mass is 186 g/mol. The molecule has 0 amide bonds. The number of aliphatic hydroxyl groups is 1. The maximum Gasteiger partial charge on any atom is 0.0903 e. The first-order valence-electron chi connectivity index (χ1n) is 4.83. The van der Waals surface area contributed by atoms with Gasteiger partial charge in [0.1, 0.15) is 0 Å². The quantitative estimate of drug-likeness (QED) is 0.583. The number of hydrogen-bond acceptors (Lipinski definition) is 4. The van der Waals surface area contributed by atoms with Crippen LogP contribution < -0.4 is 5.32 Å². The number of likely N-dealkylation sites (tertiary alicyclic amines) is 1. The van der Waals surface area contributed by atoms with Gasteiger partial charge in [0.05, 0.1) is 11.7 Å². The zero-order chi connectivity index (χ0) is 9.47. The van der Waals surface area contributed by atoms with Crippen molar-refractivity contribution in [3.05, 3.63) is 0 Å². The smallest absolute Gasteiger partial charge is 0.0903 e. The van der Waals surface area contributed by atoms with Gasteiger partial charge in [0.2, 0.25) is 0 Å². The molecule has 2 atom stereocenters. The van der Waals surface area contributed by atoms with Gasteiger partial charge < -0.3 is 15.2 Å². The summed E-state index contributed by atoms with van der Waals surface area (Å²) in [6.45, 7) is 5.61. The Labute approximate surface area is 78.9 Å². The van der Waals surface area contributed by atoms with E-state index >= 15 is 0 Å². The molecular formula is C9H18N2O2. The van der Waals surface area contributed by atoms with Crippen molar-refractivity contribution in [3.8, 4) is 0 Å². The van der Waals surface area contributed by atoms with Crippen molar-refractivity contribution < 1.29 is 9.84 Å². The lowest BCUT2D eigenvalue weighted by Crippen LogP contribution is -2.66. The molecule has 0 aliphatic carbocycles. The Morgan fingerprint density at radius 1 is 1.46 bits per heavy atom. The maximum absolute atomic E-state index is 9.62. The largest absolute Gasteiger partial charge is 0.390 e. The highest BCUT2D eigenvalue weighted by atomic mass is 16.5. The van der Waals surface area contributed by atoms with Crippen molar-refractivity contribution in [1.29, 1.82) is 0 Å². The van der Waals surface area contributed by atoms with Crippen molar-refractivity contribution in [1.82, 2.24) is 10.2 Å². The maximum atomic E-state index is 9.62. The summed E-state index contributed by atoms with van der Waals surface area (Å²) in [7, 11) is 1.75. The lowest BCUT2D eigenvalue weighted by molar-refractivity contribution is -0.134. The number of aliphatic hydroxyl groups excluding tert-OH is 1. The summed E-state index contributed by atoms with van der Waals surface area (Å²) in [5.74, 6) is 0. The molecule has 2 heterocycles. The van der Waals surface area contributed by atoms with Gasteiger partial charge in [-0.15, -0.1) is 0 Å². The average molecular weight is 186 g/mol. The molecule has 0 aromatic heterocycles. The molecular weight excluding hydrogens is 168 g/mol. The van der Waals surface area contributed by atoms with Crippen LogP contribution in [0.25, 0.3) is 0 Å². The lowest BCUT2D eigenvalue weighted by atomic mass is 9.93. The van der Waals surface area contributed by atoms with Crippen LogP contribution in [-0.2, 0) is 4.74 Å². The number of hydrogen-bond donors (Lipinski definition) is 2. The molecule has 0 bridgehead atoms. The summed E-state index contributed by atoms with van der Waals surface area (Å²) < 4.78 is 5.35. The first-order chi connectivity index (χ1) is 6.14. The topological polar surface area (TPSA) is 44.7 Å². The van der Waals surface area contributed by atoms with Crippen LogP contribution in [0.15, 0.2) is 0 Å². The van der Waals surface area contributed by atoms with Crippen LogP contribution in [0.1, 0.15) is 6.92 Å². The van der Waals surface area contributed by atoms with Crippen molar-refractivity contribution in [2.75, 3.05) is 33.3 Å². The molecule has 0 aromatic carbocycles. The van der Waals surface area contributed by atoms with Gasteiger partial charge in [-0.2, -0.15) is 0 Å². The second-order valence-corrected chi connectivity index (χ2v) is 4.35. The molecule has 2 rings (SSSR count). The summed E-state index contributed by atoms with van der Waals surface area (Å²) in [5.41, 5.74) is 0.0162. The molecule has 0 spiro atoms. The number of nitrogens with zero attached hydrogens (tertiary/aromatic N) is 1. The van der Waals surface area contributed by atoms with E-state index in [-0.39, 0.29) is 11.7 Å². The van der Waals surface area contributed by atoms with Crippen LogP contribution in [0.3, 0.4) is 0 Å². The molecule has 2 N–H and O–H groups in total. The van der Waals surface area contributed by atoms with Crippen LogP contribution in [0.4, 0.5) is 0 Å². The third-order valence-electron chi connectivity index (χ3n) is 3.19. The molecule has 4 nitrogen and oxygen atoms in total. The van der Waals surface area contributed by atoms with Crippen LogP contribution in [0, 0.1) is 0 Å². The third kappa shape index (κ3) is 1.59. The second kappa shape index (κ2) is 3.20.